The van der Waals surface area contributed by atoms with Gasteiger partial charge in [0.05, 0.1) is 12.0 Å². The van der Waals surface area contributed by atoms with Crippen LogP contribution in [0.15, 0.2) is 47.1 Å². The maximum atomic E-state index is 12.6. The van der Waals surface area contributed by atoms with Gasteiger partial charge in [0.1, 0.15) is 4.85 Å². The maximum absolute atomic E-state index is 12.6. The van der Waals surface area contributed by atoms with Crippen LogP contribution in [0.1, 0.15) is 30.6 Å². The van der Waals surface area contributed by atoms with E-state index >= 15 is 0 Å². The summed E-state index contributed by atoms with van der Waals surface area (Å²) in [4.78, 5) is 25.9. The molecule has 1 aliphatic rings. The lowest BCUT2D eigenvalue weighted by Crippen LogP contribution is -2.60. The summed E-state index contributed by atoms with van der Waals surface area (Å²) in [6.07, 6.45) is 1.79. The summed E-state index contributed by atoms with van der Waals surface area (Å²) in [7, 11) is 0. The van der Waals surface area contributed by atoms with Gasteiger partial charge in [0.15, 0.2) is 5.76 Å². The van der Waals surface area contributed by atoms with E-state index in [4.69, 9.17) is 4.52 Å². The third-order valence-corrected chi connectivity index (χ3v) is 3.96. The third kappa shape index (κ3) is 2.35. The van der Waals surface area contributed by atoms with Gasteiger partial charge in [-0.3, -0.25) is 9.59 Å². The molecule has 2 amide bonds. The molecule has 5 nitrogen and oxygen atoms in total. The Bertz CT molecular complexity index is 678. The summed E-state index contributed by atoms with van der Waals surface area (Å²) in [6.45, 7) is 3.75. The van der Waals surface area contributed by atoms with Crippen molar-refractivity contribution in [3.8, 4) is 0 Å². The Labute approximate surface area is 122 Å². The SMILES string of the molecule is Cc1cc[n+](N2C(=O)CC(C(C)c3ccccc3)C2=O)o1. The normalized spacial score (nSPS) is 20.1. The highest BCUT2D eigenvalue weighted by Gasteiger charge is 2.49. The molecule has 1 aromatic carbocycles. The number of nitrogens with zero attached hydrogens (tertiary/aromatic N) is 2. The lowest BCUT2D eigenvalue weighted by atomic mass is 9.86. The standard InChI is InChI=1S/C16H17N2O3/c1-11-8-9-17(21-11)18-15(19)10-14(16(18)20)12(2)13-6-4-3-5-7-13/h3-9,12,14H,10H2,1-2H3/q+1. The van der Waals surface area contributed by atoms with Crippen LogP contribution < -0.4 is 9.86 Å². The second-order valence-electron chi connectivity index (χ2n) is 5.37. The first kappa shape index (κ1) is 13.5. The Morgan fingerprint density at radius 1 is 1.24 bits per heavy atom. The van der Waals surface area contributed by atoms with Crippen LogP contribution in [-0.4, -0.2) is 11.8 Å². The van der Waals surface area contributed by atoms with Gasteiger partial charge in [-0.1, -0.05) is 37.3 Å². The molecule has 2 atom stereocenters. The average Bonchev–Trinajstić information content (AvgIpc) is 3.02. The summed E-state index contributed by atoms with van der Waals surface area (Å²) < 4.78 is 5.34. The van der Waals surface area contributed by atoms with Gasteiger partial charge in [0, 0.05) is 13.3 Å². The number of aryl methyl sites for hydroxylation is 1. The number of hydrogen-bond acceptors (Lipinski definition) is 3. The van der Waals surface area contributed by atoms with Crippen LogP contribution in [0.25, 0.3) is 0 Å². The van der Waals surface area contributed by atoms with Gasteiger partial charge in [-0.05, 0) is 16.5 Å². The number of carbonyl (C=O) groups is 2. The molecule has 1 aliphatic heterocycles. The van der Waals surface area contributed by atoms with Crippen LogP contribution in [0.2, 0.25) is 0 Å². The summed E-state index contributed by atoms with van der Waals surface area (Å²) in [5.74, 6) is -0.153. The van der Waals surface area contributed by atoms with E-state index in [1.165, 1.54) is 4.85 Å². The zero-order valence-electron chi connectivity index (χ0n) is 12.0. The molecule has 0 bridgehead atoms. The molecule has 108 valence electrons. The zero-order chi connectivity index (χ0) is 15.0. The van der Waals surface area contributed by atoms with Gasteiger partial charge < -0.3 is 0 Å². The Hall–Kier alpha value is -2.43. The molecular weight excluding hydrogens is 268 g/mol. The highest BCUT2D eigenvalue weighted by molar-refractivity contribution is 6.13. The van der Waals surface area contributed by atoms with Crippen LogP contribution >= 0.6 is 0 Å². The number of hydrogen-bond donors (Lipinski definition) is 0. The van der Waals surface area contributed by atoms with Crippen molar-refractivity contribution in [3.05, 3.63) is 53.9 Å². The van der Waals surface area contributed by atoms with Crippen molar-refractivity contribution in [1.29, 1.82) is 0 Å². The Morgan fingerprint density at radius 2 is 1.95 bits per heavy atom. The molecule has 0 aliphatic carbocycles. The molecule has 0 spiro atoms. The smallest absolute Gasteiger partial charge is 0.268 e. The predicted molar refractivity (Wildman–Crippen MR) is 74.8 cm³/mol. The molecule has 0 saturated carbocycles. The fourth-order valence-electron chi connectivity index (χ4n) is 2.71. The number of aromatic nitrogens is 1. The lowest BCUT2D eigenvalue weighted by molar-refractivity contribution is -0.845. The zero-order valence-corrected chi connectivity index (χ0v) is 12.0. The second-order valence-corrected chi connectivity index (χ2v) is 5.37. The van der Waals surface area contributed by atoms with Gasteiger partial charge in [-0.25, -0.2) is 4.52 Å². The van der Waals surface area contributed by atoms with Gasteiger partial charge in [0.25, 0.3) is 18.0 Å². The number of carbonyl (C=O) groups excluding carboxylic acids is 2. The van der Waals surface area contributed by atoms with E-state index in [1.807, 2.05) is 37.3 Å². The largest absolute Gasteiger partial charge is 0.296 e. The first-order chi connectivity index (χ1) is 10.1. The van der Waals surface area contributed by atoms with Gasteiger partial charge in [-0.2, -0.15) is 0 Å². The third-order valence-electron chi connectivity index (χ3n) is 3.96. The number of benzene rings is 1. The lowest BCUT2D eigenvalue weighted by Gasteiger charge is -2.15. The highest BCUT2D eigenvalue weighted by atomic mass is 16.5. The molecule has 3 rings (SSSR count). The molecule has 1 fully saturated rings. The topological polar surface area (TPSA) is 54.4 Å². The Balaban J connectivity index is 1.87. The van der Waals surface area contributed by atoms with Crippen LogP contribution in [0, 0.1) is 12.8 Å². The van der Waals surface area contributed by atoms with Crippen LogP contribution in [0.3, 0.4) is 0 Å². The second kappa shape index (κ2) is 5.16. The van der Waals surface area contributed by atoms with Crippen molar-refractivity contribution in [2.24, 2.45) is 5.92 Å². The fourth-order valence-corrected chi connectivity index (χ4v) is 2.71. The van der Waals surface area contributed by atoms with Crippen LogP contribution in [0.5, 0.6) is 0 Å². The predicted octanol–water partition coefficient (Wildman–Crippen LogP) is 1.69. The van der Waals surface area contributed by atoms with E-state index in [0.29, 0.717) is 5.76 Å². The Morgan fingerprint density at radius 3 is 2.57 bits per heavy atom. The summed E-state index contributed by atoms with van der Waals surface area (Å²) in [5.41, 5.74) is 1.06. The van der Waals surface area contributed by atoms with Crippen molar-refractivity contribution < 1.29 is 19.0 Å². The molecular formula is C16H17N2O3+. The molecule has 2 aromatic rings. The average molecular weight is 285 g/mol. The number of rotatable bonds is 3. The minimum atomic E-state index is -0.349. The van der Waals surface area contributed by atoms with E-state index in [9.17, 15) is 9.59 Å². The summed E-state index contributed by atoms with van der Waals surface area (Å²) in [5, 5.41) is 1.09. The maximum Gasteiger partial charge on any atom is 0.296 e. The number of amides is 2. The van der Waals surface area contributed by atoms with E-state index in [-0.39, 0.29) is 30.1 Å². The van der Waals surface area contributed by atoms with E-state index in [0.717, 1.165) is 10.6 Å². The van der Waals surface area contributed by atoms with Crippen molar-refractivity contribution in [3.63, 3.8) is 0 Å². The van der Waals surface area contributed by atoms with Crippen molar-refractivity contribution in [2.45, 2.75) is 26.2 Å². The molecule has 1 aromatic heterocycles. The van der Waals surface area contributed by atoms with Gasteiger partial charge in [-0.15, -0.1) is 0 Å². The van der Waals surface area contributed by atoms with Gasteiger partial charge >= 0.3 is 0 Å². The van der Waals surface area contributed by atoms with E-state index in [2.05, 4.69) is 0 Å². The summed E-state index contributed by atoms with van der Waals surface area (Å²) in [6, 6.07) is 11.5. The van der Waals surface area contributed by atoms with Crippen molar-refractivity contribution in [1.82, 2.24) is 0 Å². The monoisotopic (exact) mass is 285 g/mol. The molecule has 5 heteroatoms. The number of imide groups is 1. The first-order valence-corrected chi connectivity index (χ1v) is 6.98. The molecule has 2 unspecified atom stereocenters. The van der Waals surface area contributed by atoms with E-state index < -0.39 is 0 Å². The molecule has 2 heterocycles. The molecule has 0 radical (unpaired) electrons. The van der Waals surface area contributed by atoms with E-state index in [1.54, 1.807) is 19.2 Å². The molecule has 21 heavy (non-hydrogen) atoms. The first-order valence-electron chi connectivity index (χ1n) is 6.98. The summed E-state index contributed by atoms with van der Waals surface area (Å²) >= 11 is 0. The molecule has 1 saturated heterocycles. The van der Waals surface area contributed by atoms with Crippen molar-refractivity contribution >= 4 is 11.8 Å². The fraction of sp³-hybridized carbons (Fsp3) is 0.312. The Kier molecular flexibility index (Phi) is 3.33. The molecule has 0 N–H and O–H groups in total. The van der Waals surface area contributed by atoms with Gasteiger partial charge in [0.2, 0.25) is 0 Å². The van der Waals surface area contributed by atoms with Crippen LogP contribution in [-0.2, 0) is 9.59 Å². The highest BCUT2D eigenvalue weighted by Crippen LogP contribution is 2.31. The minimum Gasteiger partial charge on any atom is -0.268 e. The quantitative estimate of drug-likeness (QED) is 0.637. The van der Waals surface area contributed by atoms with Crippen LogP contribution in [0.4, 0.5) is 0 Å². The minimum absolute atomic E-state index is 0.00990. The van der Waals surface area contributed by atoms with Crippen molar-refractivity contribution in [2.75, 3.05) is 5.01 Å².